The maximum Gasteiger partial charge on any atom is 0.297 e. The van der Waals surface area contributed by atoms with Gasteiger partial charge in [0.15, 0.2) is 0 Å². The highest BCUT2D eigenvalue weighted by Crippen LogP contribution is 2.23. The van der Waals surface area contributed by atoms with Gasteiger partial charge in [-0.3, -0.25) is 29.8 Å². The molecule has 4 rings (SSSR count). The zero-order valence-corrected chi connectivity index (χ0v) is 15.9. The lowest BCUT2D eigenvalue weighted by molar-refractivity contribution is -0.122. The maximum absolute atomic E-state index is 12.6. The van der Waals surface area contributed by atoms with Crippen LogP contribution in [0.25, 0.3) is 22.1 Å². The summed E-state index contributed by atoms with van der Waals surface area (Å²) in [5.74, 6) is -1.07. The topological polar surface area (TPSA) is 106 Å². The van der Waals surface area contributed by atoms with Crippen LogP contribution in [0.4, 0.5) is 0 Å². The predicted molar refractivity (Wildman–Crippen MR) is 106 cm³/mol. The molecule has 0 radical (unpaired) electrons. The molecular weight excluding hydrogens is 428 g/mol. The molecule has 4 aromatic rings. The molecule has 9 heteroatoms. The van der Waals surface area contributed by atoms with Crippen LogP contribution in [0.1, 0.15) is 10.4 Å². The van der Waals surface area contributed by atoms with Gasteiger partial charge in [-0.15, -0.1) is 0 Å². The fourth-order valence-electron chi connectivity index (χ4n) is 2.76. The van der Waals surface area contributed by atoms with E-state index in [9.17, 15) is 14.4 Å². The Hall–Kier alpha value is -3.46. The lowest BCUT2D eigenvalue weighted by Crippen LogP contribution is -2.44. The number of rotatable bonds is 3. The van der Waals surface area contributed by atoms with Crippen LogP contribution in [-0.2, 0) is 11.3 Å². The minimum Gasteiger partial charge on any atom is -0.448 e. The third-order valence-electron chi connectivity index (χ3n) is 4.10. The van der Waals surface area contributed by atoms with Crippen molar-refractivity contribution in [2.24, 2.45) is 0 Å². The van der Waals surface area contributed by atoms with Gasteiger partial charge >= 0.3 is 0 Å². The maximum atomic E-state index is 12.6. The summed E-state index contributed by atoms with van der Waals surface area (Å²) in [5, 5.41) is 0.729. The Morgan fingerprint density at radius 3 is 2.64 bits per heavy atom. The average Bonchev–Trinajstić information content (AvgIpc) is 3.08. The van der Waals surface area contributed by atoms with Crippen LogP contribution in [0.5, 0.6) is 0 Å². The molecule has 0 unspecified atom stereocenters. The van der Waals surface area contributed by atoms with Crippen molar-refractivity contribution in [3.05, 3.63) is 75.2 Å². The van der Waals surface area contributed by atoms with Gasteiger partial charge in [0.2, 0.25) is 5.58 Å². The van der Waals surface area contributed by atoms with E-state index in [0.29, 0.717) is 21.1 Å². The summed E-state index contributed by atoms with van der Waals surface area (Å²) < 4.78 is 7.28. The van der Waals surface area contributed by atoms with Crippen molar-refractivity contribution in [1.82, 2.24) is 20.4 Å². The summed E-state index contributed by atoms with van der Waals surface area (Å²) in [7, 11) is 0. The van der Waals surface area contributed by atoms with E-state index in [0.717, 1.165) is 9.95 Å². The summed E-state index contributed by atoms with van der Waals surface area (Å²) >= 11 is 3.27. The van der Waals surface area contributed by atoms with E-state index >= 15 is 0 Å². The first-order chi connectivity index (χ1) is 13.5. The number of aromatic nitrogens is 2. The van der Waals surface area contributed by atoms with Gasteiger partial charge in [0.25, 0.3) is 17.4 Å². The fraction of sp³-hybridized carbons (Fsp3) is 0.0526. The molecule has 0 spiro atoms. The zero-order chi connectivity index (χ0) is 19.7. The van der Waals surface area contributed by atoms with Crippen molar-refractivity contribution in [1.29, 1.82) is 0 Å². The molecular formula is C19H13BrN4O4. The van der Waals surface area contributed by atoms with E-state index in [4.69, 9.17) is 4.42 Å². The van der Waals surface area contributed by atoms with E-state index in [2.05, 4.69) is 31.8 Å². The predicted octanol–water partition coefficient (Wildman–Crippen LogP) is 2.37. The lowest BCUT2D eigenvalue weighted by Gasteiger charge is -2.09. The molecule has 0 aliphatic carbocycles. The van der Waals surface area contributed by atoms with Gasteiger partial charge < -0.3 is 4.42 Å². The number of hydrogen-bond donors (Lipinski definition) is 2. The third-order valence-corrected chi connectivity index (χ3v) is 4.79. The van der Waals surface area contributed by atoms with Crippen LogP contribution in [0, 0.1) is 0 Å². The van der Waals surface area contributed by atoms with Crippen LogP contribution in [-0.4, -0.2) is 21.4 Å². The Kier molecular flexibility index (Phi) is 4.66. The molecule has 2 heterocycles. The number of amides is 2. The molecule has 0 aliphatic rings. The van der Waals surface area contributed by atoms with Gasteiger partial charge in [0, 0.05) is 9.86 Å². The number of furan rings is 1. The quantitative estimate of drug-likeness (QED) is 0.475. The second-order valence-electron chi connectivity index (χ2n) is 5.94. The van der Waals surface area contributed by atoms with Crippen LogP contribution in [0.15, 0.2) is 68.5 Å². The summed E-state index contributed by atoms with van der Waals surface area (Å²) in [6.07, 6.45) is 1.28. The Morgan fingerprint density at radius 1 is 1.07 bits per heavy atom. The van der Waals surface area contributed by atoms with Gasteiger partial charge in [-0.1, -0.05) is 24.3 Å². The Labute approximate surface area is 166 Å². The number of hydrogen-bond acceptors (Lipinski definition) is 5. The highest BCUT2D eigenvalue weighted by atomic mass is 79.9. The van der Waals surface area contributed by atoms with Crippen molar-refractivity contribution in [2.75, 3.05) is 0 Å². The normalized spacial score (nSPS) is 10.9. The van der Waals surface area contributed by atoms with Crippen molar-refractivity contribution in [2.45, 2.75) is 6.54 Å². The molecule has 0 aliphatic heterocycles. The smallest absolute Gasteiger partial charge is 0.297 e. The number of benzene rings is 2. The van der Waals surface area contributed by atoms with Gasteiger partial charge in [-0.2, -0.15) is 0 Å². The molecule has 8 nitrogen and oxygen atoms in total. The monoisotopic (exact) mass is 440 g/mol. The number of halogens is 1. The number of nitrogens with one attached hydrogen (secondary N) is 2. The van der Waals surface area contributed by atoms with Crippen LogP contribution >= 0.6 is 15.9 Å². The fourth-order valence-corrected chi connectivity index (χ4v) is 3.23. The molecule has 0 bridgehead atoms. The number of fused-ring (bicyclic) bond motifs is 3. The minimum absolute atomic E-state index is 0.0775. The van der Waals surface area contributed by atoms with E-state index in [1.807, 2.05) is 12.1 Å². The Balaban J connectivity index is 1.50. The van der Waals surface area contributed by atoms with Crippen molar-refractivity contribution in [3.8, 4) is 0 Å². The highest BCUT2D eigenvalue weighted by Gasteiger charge is 2.15. The molecule has 2 amide bonds. The SMILES string of the molecule is O=C(Cn1cnc2c(oc3ccccc32)c1=O)NNC(=O)c1ccccc1Br. The summed E-state index contributed by atoms with van der Waals surface area (Å²) in [5.41, 5.74) is 5.55. The molecule has 2 aromatic carbocycles. The van der Waals surface area contributed by atoms with Crippen LogP contribution < -0.4 is 16.4 Å². The van der Waals surface area contributed by atoms with E-state index in [1.165, 1.54) is 6.33 Å². The standard InChI is InChI=1S/C19H13BrN4O4/c20-13-7-3-1-5-11(13)18(26)23-22-15(25)9-24-10-21-16-12-6-2-4-8-14(12)28-17(16)19(24)27/h1-8,10H,9H2,(H,22,25)(H,23,26). The molecule has 28 heavy (non-hydrogen) atoms. The van der Waals surface area contributed by atoms with Gasteiger partial charge in [-0.05, 0) is 40.2 Å². The van der Waals surface area contributed by atoms with Gasteiger partial charge in [-0.25, -0.2) is 4.98 Å². The molecule has 0 fully saturated rings. The first kappa shape index (κ1) is 17.9. The molecule has 0 saturated heterocycles. The van der Waals surface area contributed by atoms with Crippen LogP contribution in [0.3, 0.4) is 0 Å². The molecule has 0 atom stereocenters. The second kappa shape index (κ2) is 7.28. The summed E-state index contributed by atoms with van der Waals surface area (Å²) in [6, 6.07) is 14.0. The Morgan fingerprint density at radius 2 is 1.82 bits per heavy atom. The van der Waals surface area contributed by atoms with E-state index < -0.39 is 17.4 Å². The first-order valence-corrected chi connectivity index (χ1v) is 9.04. The largest absolute Gasteiger partial charge is 0.448 e. The van der Waals surface area contributed by atoms with E-state index in [-0.39, 0.29) is 12.1 Å². The second-order valence-corrected chi connectivity index (χ2v) is 6.79. The number of para-hydroxylation sites is 1. The van der Waals surface area contributed by atoms with E-state index in [1.54, 1.807) is 36.4 Å². The average molecular weight is 441 g/mol. The summed E-state index contributed by atoms with van der Waals surface area (Å²) in [6.45, 7) is -0.324. The van der Waals surface area contributed by atoms with Gasteiger partial charge in [0.05, 0.1) is 11.9 Å². The van der Waals surface area contributed by atoms with Crippen LogP contribution in [0.2, 0.25) is 0 Å². The lowest BCUT2D eigenvalue weighted by atomic mass is 10.2. The molecule has 2 aromatic heterocycles. The number of nitrogens with zero attached hydrogens (tertiary/aromatic N) is 2. The van der Waals surface area contributed by atoms with Crippen molar-refractivity contribution in [3.63, 3.8) is 0 Å². The summed E-state index contributed by atoms with van der Waals surface area (Å²) in [4.78, 5) is 41.1. The third kappa shape index (κ3) is 3.27. The van der Waals surface area contributed by atoms with Gasteiger partial charge in [0.1, 0.15) is 17.6 Å². The van der Waals surface area contributed by atoms with Crippen molar-refractivity contribution < 1.29 is 14.0 Å². The molecule has 140 valence electrons. The number of carbonyl (C=O) groups excluding carboxylic acids is 2. The molecule has 2 N–H and O–H groups in total. The zero-order valence-electron chi connectivity index (χ0n) is 14.3. The highest BCUT2D eigenvalue weighted by molar-refractivity contribution is 9.10. The molecule has 0 saturated carbocycles. The first-order valence-electron chi connectivity index (χ1n) is 8.25. The van der Waals surface area contributed by atoms with Crippen molar-refractivity contribution >= 4 is 49.8 Å². The number of carbonyl (C=O) groups is 2. The number of hydrazine groups is 1. The minimum atomic E-state index is -0.584. The Bertz CT molecular complexity index is 1280.